The van der Waals surface area contributed by atoms with E-state index in [2.05, 4.69) is 20.0 Å². The van der Waals surface area contributed by atoms with Crippen LogP contribution in [0.2, 0.25) is 5.15 Å². The SMILES string of the molecule is FC(F)(F)Oc1ccc(Nc2nccnc2Cl)cc1. The molecule has 0 fully saturated rings. The second-order valence-corrected chi connectivity index (χ2v) is 3.75. The van der Waals surface area contributed by atoms with Gasteiger partial charge in [0.25, 0.3) is 0 Å². The minimum absolute atomic E-state index is 0.165. The van der Waals surface area contributed by atoms with Crippen molar-refractivity contribution in [2.24, 2.45) is 0 Å². The summed E-state index contributed by atoms with van der Waals surface area (Å²) < 4.78 is 39.7. The highest BCUT2D eigenvalue weighted by Crippen LogP contribution is 2.26. The molecule has 1 N–H and O–H groups in total. The molecule has 4 nitrogen and oxygen atoms in total. The molecule has 100 valence electrons. The van der Waals surface area contributed by atoms with E-state index in [1.54, 1.807) is 0 Å². The highest BCUT2D eigenvalue weighted by molar-refractivity contribution is 6.31. The number of ether oxygens (including phenoxy) is 1. The fraction of sp³-hybridized carbons (Fsp3) is 0.0909. The summed E-state index contributed by atoms with van der Waals surface area (Å²) in [7, 11) is 0. The van der Waals surface area contributed by atoms with E-state index in [-0.39, 0.29) is 10.9 Å². The van der Waals surface area contributed by atoms with Gasteiger partial charge in [0.05, 0.1) is 0 Å². The van der Waals surface area contributed by atoms with Crippen molar-refractivity contribution in [2.75, 3.05) is 5.32 Å². The van der Waals surface area contributed by atoms with E-state index in [1.807, 2.05) is 0 Å². The monoisotopic (exact) mass is 289 g/mol. The van der Waals surface area contributed by atoms with Crippen molar-refractivity contribution in [3.63, 3.8) is 0 Å². The third-order valence-electron chi connectivity index (χ3n) is 2.00. The molecule has 0 saturated heterocycles. The summed E-state index contributed by atoms with van der Waals surface area (Å²) in [6.07, 6.45) is -1.84. The molecule has 0 spiro atoms. The normalized spacial score (nSPS) is 11.2. The van der Waals surface area contributed by atoms with Crippen molar-refractivity contribution in [3.8, 4) is 5.75 Å². The summed E-state index contributed by atoms with van der Waals surface area (Å²) in [5, 5.41) is 2.98. The molecule has 0 aliphatic carbocycles. The molecular formula is C11H7ClF3N3O. The summed E-state index contributed by atoms with van der Waals surface area (Å²) in [6, 6.07) is 5.18. The van der Waals surface area contributed by atoms with Gasteiger partial charge in [0.15, 0.2) is 11.0 Å². The highest BCUT2D eigenvalue weighted by atomic mass is 35.5. The zero-order valence-corrected chi connectivity index (χ0v) is 10.0. The van der Waals surface area contributed by atoms with Crippen LogP contribution in [0.1, 0.15) is 0 Å². The number of benzene rings is 1. The maximum atomic E-state index is 12.0. The molecule has 8 heteroatoms. The van der Waals surface area contributed by atoms with Crippen LogP contribution in [0.4, 0.5) is 24.7 Å². The molecular weight excluding hydrogens is 283 g/mol. The van der Waals surface area contributed by atoms with Gasteiger partial charge in [-0.15, -0.1) is 13.2 Å². The van der Waals surface area contributed by atoms with Crippen molar-refractivity contribution >= 4 is 23.1 Å². The number of nitrogens with zero attached hydrogens (tertiary/aromatic N) is 2. The molecule has 0 amide bonds. The summed E-state index contributed by atoms with van der Waals surface area (Å²) in [6.45, 7) is 0. The minimum atomic E-state index is -4.71. The van der Waals surface area contributed by atoms with Gasteiger partial charge in [0.2, 0.25) is 0 Å². The average Bonchev–Trinajstić information content (AvgIpc) is 2.33. The quantitative estimate of drug-likeness (QED) is 0.934. The molecule has 19 heavy (non-hydrogen) atoms. The van der Waals surface area contributed by atoms with Gasteiger partial charge in [-0.3, -0.25) is 0 Å². The Hall–Kier alpha value is -2.02. The Kier molecular flexibility index (Phi) is 3.75. The topological polar surface area (TPSA) is 47.0 Å². The Morgan fingerprint density at radius 1 is 1.05 bits per heavy atom. The number of anilines is 2. The molecule has 1 heterocycles. The third kappa shape index (κ3) is 3.99. The van der Waals surface area contributed by atoms with Crippen molar-refractivity contribution in [1.82, 2.24) is 9.97 Å². The van der Waals surface area contributed by atoms with Crippen molar-refractivity contribution in [2.45, 2.75) is 6.36 Å². The van der Waals surface area contributed by atoms with E-state index in [0.717, 1.165) is 0 Å². The summed E-state index contributed by atoms with van der Waals surface area (Å²) in [5.41, 5.74) is 0.511. The number of nitrogens with one attached hydrogen (secondary N) is 1. The summed E-state index contributed by atoms with van der Waals surface area (Å²) >= 11 is 5.78. The first-order chi connectivity index (χ1) is 8.94. The lowest BCUT2D eigenvalue weighted by Crippen LogP contribution is -2.16. The second-order valence-electron chi connectivity index (χ2n) is 3.39. The zero-order chi connectivity index (χ0) is 13.9. The van der Waals surface area contributed by atoms with E-state index in [0.29, 0.717) is 11.5 Å². The van der Waals surface area contributed by atoms with Gasteiger partial charge in [0.1, 0.15) is 5.75 Å². The zero-order valence-electron chi connectivity index (χ0n) is 9.28. The first kappa shape index (κ1) is 13.4. The predicted molar refractivity (Wildman–Crippen MR) is 63.4 cm³/mol. The van der Waals surface area contributed by atoms with Gasteiger partial charge in [-0.1, -0.05) is 11.6 Å². The smallest absolute Gasteiger partial charge is 0.406 e. The molecule has 0 aliphatic heterocycles. The molecule has 0 unspecified atom stereocenters. The van der Waals surface area contributed by atoms with Crippen LogP contribution in [-0.4, -0.2) is 16.3 Å². The largest absolute Gasteiger partial charge is 0.573 e. The van der Waals surface area contributed by atoms with Crippen LogP contribution in [0.15, 0.2) is 36.7 Å². The fourth-order valence-electron chi connectivity index (χ4n) is 1.28. The Morgan fingerprint density at radius 3 is 2.26 bits per heavy atom. The van der Waals surface area contributed by atoms with E-state index in [1.165, 1.54) is 36.7 Å². The number of alkyl halides is 3. The number of halogens is 4. The van der Waals surface area contributed by atoms with Crippen LogP contribution in [-0.2, 0) is 0 Å². The van der Waals surface area contributed by atoms with E-state index in [9.17, 15) is 13.2 Å². The second kappa shape index (κ2) is 5.31. The molecule has 1 aromatic carbocycles. The maximum absolute atomic E-state index is 12.0. The lowest BCUT2D eigenvalue weighted by molar-refractivity contribution is -0.274. The first-order valence-electron chi connectivity index (χ1n) is 5.03. The van der Waals surface area contributed by atoms with Crippen LogP contribution < -0.4 is 10.1 Å². The van der Waals surface area contributed by atoms with Gasteiger partial charge in [-0.05, 0) is 24.3 Å². The van der Waals surface area contributed by atoms with Crippen LogP contribution >= 0.6 is 11.6 Å². The number of rotatable bonds is 3. The van der Waals surface area contributed by atoms with Crippen molar-refractivity contribution < 1.29 is 17.9 Å². The molecule has 0 bridgehead atoms. The predicted octanol–water partition coefficient (Wildman–Crippen LogP) is 3.77. The Bertz CT molecular complexity index is 560. The van der Waals surface area contributed by atoms with Crippen LogP contribution in [0, 0.1) is 0 Å². The van der Waals surface area contributed by atoms with Crippen LogP contribution in [0.5, 0.6) is 5.75 Å². The molecule has 2 rings (SSSR count). The number of aromatic nitrogens is 2. The van der Waals surface area contributed by atoms with Gasteiger partial charge in [0, 0.05) is 18.1 Å². The highest BCUT2D eigenvalue weighted by Gasteiger charge is 2.30. The van der Waals surface area contributed by atoms with Gasteiger partial charge < -0.3 is 10.1 Å². The Labute approximate surface area is 111 Å². The molecule has 0 saturated carbocycles. The van der Waals surface area contributed by atoms with Crippen LogP contribution in [0.25, 0.3) is 0 Å². The molecule has 2 aromatic rings. The van der Waals surface area contributed by atoms with Gasteiger partial charge >= 0.3 is 6.36 Å². The van der Waals surface area contributed by atoms with Gasteiger partial charge in [-0.2, -0.15) is 0 Å². The van der Waals surface area contributed by atoms with Gasteiger partial charge in [-0.25, -0.2) is 9.97 Å². The van der Waals surface area contributed by atoms with E-state index in [4.69, 9.17) is 11.6 Å². The summed E-state index contributed by atoms with van der Waals surface area (Å²) in [4.78, 5) is 7.75. The Balaban J connectivity index is 2.09. The first-order valence-corrected chi connectivity index (χ1v) is 5.41. The number of hydrogen-bond donors (Lipinski definition) is 1. The van der Waals surface area contributed by atoms with Crippen molar-refractivity contribution in [1.29, 1.82) is 0 Å². The Morgan fingerprint density at radius 2 is 1.68 bits per heavy atom. The summed E-state index contributed by atoms with van der Waals surface area (Å²) in [5.74, 6) is 0.0111. The van der Waals surface area contributed by atoms with Crippen LogP contribution in [0.3, 0.4) is 0 Å². The lowest BCUT2D eigenvalue weighted by Gasteiger charge is -2.10. The molecule has 0 radical (unpaired) electrons. The standard InChI is InChI=1S/C11H7ClF3N3O/c12-9-10(17-6-5-16-9)18-7-1-3-8(4-2-7)19-11(13,14)15/h1-6H,(H,17,18). The number of hydrogen-bond acceptors (Lipinski definition) is 4. The van der Waals surface area contributed by atoms with E-state index >= 15 is 0 Å². The molecule has 0 aliphatic rings. The fourth-order valence-corrected chi connectivity index (χ4v) is 1.43. The maximum Gasteiger partial charge on any atom is 0.573 e. The van der Waals surface area contributed by atoms with Crippen molar-refractivity contribution in [3.05, 3.63) is 41.8 Å². The molecule has 1 aromatic heterocycles. The van der Waals surface area contributed by atoms with E-state index < -0.39 is 6.36 Å². The minimum Gasteiger partial charge on any atom is -0.406 e. The average molecular weight is 290 g/mol. The lowest BCUT2D eigenvalue weighted by atomic mass is 10.3. The molecule has 0 atom stereocenters. The third-order valence-corrected chi connectivity index (χ3v) is 2.28.